The molecule has 6 nitrogen and oxygen atoms in total. The van der Waals surface area contributed by atoms with Crippen molar-refractivity contribution in [3.63, 3.8) is 0 Å². The minimum Gasteiger partial charge on any atom is -0.480 e. The number of carbonyl (C=O) groups is 2. The Bertz CT molecular complexity index is 314. The first-order chi connectivity index (χ1) is 9.56. The Morgan fingerprint density at radius 1 is 1.25 bits per heavy atom. The third-order valence-corrected chi connectivity index (χ3v) is 3.90. The lowest BCUT2D eigenvalue weighted by molar-refractivity contribution is -0.139. The van der Waals surface area contributed by atoms with Crippen molar-refractivity contribution in [2.24, 2.45) is 5.92 Å². The van der Waals surface area contributed by atoms with E-state index in [-0.39, 0.29) is 19.1 Å². The maximum atomic E-state index is 11.7. The van der Waals surface area contributed by atoms with Crippen LogP contribution in [-0.2, 0) is 4.79 Å². The van der Waals surface area contributed by atoms with Gasteiger partial charge in [-0.15, -0.1) is 0 Å². The Morgan fingerprint density at radius 2 is 1.90 bits per heavy atom. The van der Waals surface area contributed by atoms with Gasteiger partial charge in [-0.05, 0) is 31.6 Å². The first-order valence-electron chi connectivity index (χ1n) is 7.47. The molecular weight excluding hydrogens is 260 g/mol. The molecule has 2 amide bonds. The van der Waals surface area contributed by atoms with E-state index in [0.29, 0.717) is 0 Å². The smallest absolute Gasteiger partial charge is 0.326 e. The van der Waals surface area contributed by atoms with Crippen LogP contribution in [0, 0.1) is 5.92 Å². The number of urea groups is 1. The van der Waals surface area contributed by atoms with Crippen molar-refractivity contribution in [3.8, 4) is 0 Å². The van der Waals surface area contributed by atoms with E-state index in [4.69, 9.17) is 10.2 Å². The number of nitrogens with one attached hydrogen (secondary N) is 2. The first-order valence-corrected chi connectivity index (χ1v) is 7.47. The molecule has 0 radical (unpaired) electrons. The average molecular weight is 286 g/mol. The van der Waals surface area contributed by atoms with Crippen LogP contribution in [-0.4, -0.2) is 40.9 Å². The van der Waals surface area contributed by atoms with Crippen molar-refractivity contribution >= 4 is 12.0 Å². The maximum absolute atomic E-state index is 11.7. The number of aliphatic carboxylic acids is 1. The lowest BCUT2D eigenvalue weighted by atomic mass is 9.83. The second kappa shape index (κ2) is 8.79. The normalized spacial score (nSPS) is 23.9. The largest absolute Gasteiger partial charge is 0.480 e. The fourth-order valence-electron chi connectivity index (χ4n) is 2.78. The zero-order valence-electron chi connectivity index (χ0n) is 12.1. The molecule has 0 heterocycles. The van der Waals surface area contributed by atoms with Gasteiger partial charge >= 0.3 is 12.0 Å². The molecule has 6 heteroatoms. The summed E-state index contributed by atoms with van der Waals surface area (Å²) in [5.41, 5.74) is 0. The van der Waals surface area contributed by atoms with E-state index in [1.54, 1.807) is 0 Å². The molecule has 4 N–H and O–H groups in total. The summed E-state index contributed by atoms with van der Waals surface area (Å²) >= 11 is 0. The monoisotopic (exact) mass is 286 g/mol. The third-order valence-electron chi connectivity index (χ3n) is 3.90. The van der Waals surface area contributed by atoms with E-state index in [9.17, 15) is 9.59 Å². The van der Waals surface area contributed by atoms with Crippen LogP contribution in [0.1, 0.15) is 51.9 Å². The number of carbonyl (C=O) groups excluding carboxylic acids is 1. The van der Waals surface area contributed by atoms with Crippen molar-refractivity contribution < 1.29 is 19.8 Å². The van der Waals surface area contributed by atoms with Gasteiger partial charge in [0.2, 0.25) is 0 Å². The lowest BCUT2D eigenvalue weighted by Gasteiger charge is -2.29. The fourth-order valence-corrected chi connectivity index (χ4v) is 2.78. The van der Waals surface area contributed by atoms with Crippen molar-refractivity contribution in [1.29, 1.82) is 0 Å². The standard InChI is InChI=1S/C14H26N2O4/c1-2-3-10-4-6-11(7-5-10)15-14(20)16-12(8-9-17)13(18)19/h10-12,17H,2-9H2,1H3,(H,18,19)(H2,15,16,20)/t10?,11?,12-/m1/s1. The maximum Gasteiger partial charge on any atom is 0.326 e. The SMILES string of the molecule is CCCC1CCC(NC(=O)N[C@H](CCO)C(=O)O)CC1. The minimum atomic E-state index is -1.12. The summed E-state index contributed by atoms with van der Waals surface area (Å²) in [6, 6.07) is -1.35. The Morgan fingerprint density at radius 3 is 2.40 bits per heavy atom. The molecule has 0 unspecified atom stereocenters. The van der Waals surface area contributed by atoms with Gasteiger partial charge in [0.15, 0.2) is 0 Å². The highest BCUT2D eigenvalue weighted by Gasteiger charge is 2.24. The van der Waals surface area contributed by atoms with Gasteiger partial charge in [-0.3, -0.25) is 0 Å². The molecule has 116 valence electrons. The first kappa shape index (κ1) is 16.8. The van der Waals surface area contributed by atoms with Gasteiger partial charge in [-0.1, -0.05) is 19.8 Å². The molecule has 0 aliphatic heterocycles. The Kier molecular flexibility index (Phi) is 7.36. The summed E-state index contributed by atoms with van der Waals surface area (Å²) in [4.78, 5) is 22.6. The Labute approximate surface area is 119 Å². The number of carboxylic acids is 1. The molecule has 0 bridgehead atoms. The number of hydrogen-bond acceptors (Lipinski definition) is 3. The van der Waals surface area contributed by atoms with Crippen LogP contribution in [0.4, 0.5) is 4.79 Å². The third kappa shape index (κ3) is 5.77. The van der Waals surface area contributed by atoms with Crippen LogP contribution in [0.15, 0.2) is 0 Å². The average Bonchev–Trinajstić information content (AvgIpc) is 2.40. The second-order valence-corrected chi connectivity index (χ2v) is 5.53. The van der Waals surface area contributed by atoms with Gasteiger partial charge in [0, 0.05) is 19.1 Å². The highest BCUT2D eigenvalue weighted by molar-refractivity contribution is 5.82. The summed E-state index contributed by atoms with van der Waals surface area (Å²) in [5.74, 6) is -0.358. The molecule has 1 fully saturated rings. The number of aliphatic hydroxyl groups is 1. The van der Waals surface area contributed by atoms with Crippen LogP contribution in [0.3, 0.4) is 0 Å². The van der Waals surface area contributed by atoms with Crippen LogP contribution in [0.2, 0.25) is 0 Å². The summed E-state index contributed by atoms with van der Waals surface area (Å²) in [6.07, 6.45) is 6.62. The van der Waals surface area contributed by atoms with E-state index in [0.717, 1.165) is 31.6 Å². The minimum absolute atomic E-state index is 0.0198. The summed E-state index contributed by atoms with van der Waals surface area (Å²) in [5, 5.41) is 22.9. The number of rotatable bonds is 7. The highest BCUT2D eigenvalue weighted by Crippen LogP contribution is 2.27. The Hall–Kier alpha value is -1.30. The summed E-state index contributed by atoms with van der Waals surface area (Å²) < 4.78 is 0. The highest BCUT2D eigenvalue weighted by atomic mass is 16.4. The van der Waals surface area contributed by atoms with Crippen LogP contribution >= 0.6 is 0 Å². The van der Waals surface area contributed by atoms with Crippen molar-refractivity contribution in [3.05, 3.63) is 0 Å². The molecule has 0 aromatic carbocycles. The van der Waals surface area contributed by atoms with Gasteiger partial charge in [0.25, 0.3) is 0 Å². The van der Waals surface area contributed by atoms with Gasteiger partial charge in [-0.2, -0.15) is 0 Å². The van der Waals surface area contributed by atoms with Gasteiger partial charge in [-0.25, -0.2) is 9.59 Å². The van der Waals surface area contributed by atoms with E-state index >= 15 is 0 Å². The van der Waals surface area contributed by atoms with Gasteiger partial charge in [0.05, 0.1) is 0 Å². The van der Waals surface area contributed by atoms with Gasteiger partial charge < -0.3 is 20.8 Å². The van der Waals surface area contributed by atoms with Crippen molar-refractivity contribution in [2.75, 3.05) is 6.61 Å². The molecule has 1 saturated carbocycles. The van der Waals surface area contributed by atoms with Crippen molar-refractivity contribution in [2.45, 2.75) is 64.0 Å². The molecule has 1 aliphatic carbocycles. The summed E-state index contributed by atoms with van der Waals surface area (Å²) in [7, 11) is 0. The quantitative estimate of drug-likeness (QED) is 0.569. The molecule has 0 spiro atoms. The van der Waals surface area contributed by atoms with Crippen LogP contribution in [0.25, 0.3) is 0 Å². The van der Waals surface area contributed by atoms with Crippen LogP contribution in [0.5, 0.6) is 0 Å². The molecule has 20 heavy (non-hydrogen) atoms. The molecular formula is C14H26N2O4. The van der Waals surface area contributed by atoms with E-state index in [1.807, 2.05) is 0 Å². The number of amides is 2. The zero-order valence-corrected chi connectivity index (χ0v) is 12.1. The molecule has 0 saturated heterocycles. The number of aliphatic hydroxyl groups excluding tert-OH is 1. The predicted octanol–water partition coefficient (Wildman–Crippen LogP) is 1.48. The topological polar surface area (TPSA) is 98.7 Å². The number of hydrogen-bond donors (Lipinski definition) is 4. The van der Waals surface area contributed by atoms with E-state index < -0.39 is 18.0 Å². The summed E-state index contributed by atoms with van der Waals surface area (Å²) in [6.45, 7) is 1.92. The Balaban J connectivity index is 2.30. The predicted molar refractivity (Wildman–Crippen MR) is 75.4 cm³/mol. The zero-order chi connectivity index (χ0) is 15.0. The fraction of sp³-hybridized carbons (Fsp3) is 0.857. The van der Waals surface area contributed by atoms with E-state index in [2.05, 4.69) is 17.6 Å². The molecule has 1 rings (SSSR count). The lowest BCUT2D eigenvalue weighted by Crippen LogP contribution is -2.50. The van der Waals surface area contributed by atoms with Crippen LogP contribution < -0.4 is 10.6 Å². The molecule has 1 atom stereocenters. The number of carboxylic acid groups (broad SMARTS) is 1. The second-order valence-electron chi connectivity index (χ2n) is 5.53. The van der Waals surface area contributed by atoms with Gasteiger partial charge in [0.1, 0.15) is 6.04 Å². The van der Waals surface area contributed by atoms with E-state index in [1.165, 1.54) is 12.8 Å². The molecule has 0 aromatic rings. The van der Waals surface area contributed by atoms with Crippen molar-refractivity contribution in [1.82, 2.24) is 10.6 Å². The molecule has 1 aliphatic rings. The molecule has 0 aromatic heterocycles.